The first-order chi connectivity index (χ1) is 12.0. The third-order valence-corrected chi connectivity index (χ3v) is 4.32. The first-order valence-electron chi connectivity index (χ1n) is 7.18. The summed E-state index contributed by atoms with van der Waals surface area (Å²) in [4.78, 5) is 20.5. The van der Waals surface area contributed by atoms with Gasteiger partial charge in [-0.1, -0.05) is 18.3 Å². The molecule has 2 amide bonds. The van der Waals surface area contributed by atoms with Crippen LogP contribution < -0.4 is 10.2 Å². The van der Waals surface area contributed by atoms with Crippen molar-refractivity contribution in [1.29, 1.82) is 0 Å². The zero-order valence-corrected chi connectivity index (χ0v) is 13.2. The number of amides is 2. The molecule has 5 nitrogen and oxygen atoms in total. The number of anilines is 1. The second-order valence-electron chi connectivity index (χ2n) is 5.44. The van der Waals surface area contributed by atoms with Crippen LogP contribution in [0.1, 0.15) is 11.6 Å². The molecule has 0 spiro atoms. The number of fused-ring (bicyclic) bond motifs is 1. The molecule has 4 rings (SSSR count). The summed E-state index contributed by atoms with van der Waals surface area (Å²) in [6, 6.07) is 5.13. The van der Waals surface area contributed by atoms with Crippen LogP contribution in [0.5, 0.6) is 0 Å². The van der Waals surface area contributed by atoms with Crippen molar-refractivity contribution in [2.75, 3.05) is 4.90 Å². The topological polar surface area (TPSA) is 61.0 Å². The van der Waals surface area contributed by atoms with E-state index in [0.29, 0.717) is 16.7 Å². The summed E-state index contributed by atoms with van der Waals surface area (Å²) in [5.74, 6) is -4.30. The van der Waals surface area contributed by atoms with Crippen molar-refractivity contribution >= 4 is 40.0 Å². The Morgan fingerprint density at radius 1 is 1.12 bits per heavy atom. The fourth-order valence-corrected chi connectivity index (χ4v) is 3.16. The summed E-state index contributed by atoms with van der Waals surface area (Å²) in [6.45, 7) is 0. The third-order valence-electron chi connectivity index (χ3n) is 4.00. The van der Waals surface area contributed by atoms with Gasteiger partial charge in [0, 0.05) is 11.3 Å². The number of hydrogen-bond acceptors (Lipinski definition) is 3. The predicted octanol–water partition coefficient (Wildman–Crippen LogP) is 3.58. The van der Waals surface area contributed by atoms with Crippen LogP contribution >= 0.6 is 12.2 Å². The molecule has 25 heavy (non-hydrogen) atoms. The van der Waals surface area contributed by atoms with Crippen molar-refractivity contribution in [3.05, 3.63) is 59.7 Å². The highest BCUT2D eigenvalue weighted by Gasteiger charge is 2.40. The lowest BCUT2D eigenvalue weighted by molar-refractivity contribution is 0.252. The van der Waals surface area contributed by atoms with E-state index in [0.717, 1.165) is 12.1 Å². The predicted molar refractivity (Wildman–Crippen MR) is 88.8 cm³/mol. The molecule has 126 valence electrons. The van der Waals surface area contributed by atoms with Crippen molar-refractivity contribution < 1.29 is 18.0 Å². The molecule has 2 heterocycles. The molecule has 1 atom stereocenters. The lowest BCUT2D eigenvalue weighted by Crippen LogP contribution is -2.30. The summed E-state index contributed by atoms with van der Waals surface area (Å²) in [7, 11) is 0. The van der Waals surface area contributed by atoms with Gasteiger partial charge in [-0.2, -0.15) is 0 Å². The molecule has 1 aliphatic heterocycles. The van der Waals surface area contributed by atoms with Gasteiger partial charge in [-0.05, 0) is 24.3 Å². The van der Waals surface area contributed by atoms with Crippen molar-refractivity contribution in [3.63, 3.8) is 0 Å². The highest BCUT2D eigenvalue weighted by molar-refractivity contribution is 7.80. The van der Waals surface area contributed by atoms with E-state index in [1.54, 1.807) is 18.2 Å². The SMILES string of the molecule is O=C1NC(=S)C(c2ccc(F)c(F)c2F)N1c1ccc2nc[nH]c2c1. The maximum absolute atomic E-state index is 14.3. The van der Waals surface area contributed by atoms with Crippen LogP contribution in [0.25, 0.3) is 11.0 Å². The molecule has 2 aromatic carbocycles. The monoisotopic (exact) mass is 362 g/mol. The lowest BCUT2D eigenvalue weighted by Gasteiger charge is -2.23. The number of benzene rings is 2. The van der Waals surface area contributed by atoms with Gasteiger partial charge < -0.3 is 4.98 Å². The Morgan fingerprint density at radius 2 is 1.92 bits per heavy atom. The minimum atomic E-state index is -1.61. The van der Waals surface area contributed by atoms with Crippen LogP contribution in [0.15, 0.2) is 36.7 Å². The number of urea groups is 1. The maximum atomic E-state index is 14.3. The molecule has 2 N–H and O–H groups in total. The van der Waals surface area contributed by atoms with Crippen molar-refractivity contribution in [3.8, 4) is 0 Å². The number of carbonyl (C=O) groups excluding carboxylic acids is 1. The summed E-state index contributed by atoms with van der Waals surface area (Å²) in [5, 5.41) is 2.43. The first kappa shape index (κ1) is 15.6. The van der Waals surface area contributed by atoms with E-state index >= 15 is 0 Å². The second-order valence-corrected chi connectivity index (χ2v) is 5.88. The Labute approximate surface area is 144 Å². The zero-order valence-electron chi connectivity index (χ0n) is 12.4. The van der Waals surface area contributed by atoms with E-state index in [2.05, 4.69) is 15.3 Å². The molecule has 0 saturated carbocycles. The number of nitrogens with zero attached hydrogens (tertiary/aromatic N) is 2. The van der Waals surface area contributed by atoms with E-state index < -0.39 is 29.5 Å². The van der Waals surface area contributed by atoms with E-state index in [-0.39, 0.29) is 10.6 Å². The number of aromatic nitrogens is 2. The van der Waals surface area contributed by atoms with Crippen LogP contribution in [-0.2, 0) is 0 Å². The van der Waals surface area contributed by atoms with Gasteiger partial charge in [0.15, 0.2) is 17.5 Å². The van der Waals surface area contributed by atoms with E-state index in [9.17, 15) is 18.0 Å². The van der Waals surface area contributed by atoms with Gasteiger partial charge >= 0.3 is 6.03 Å². The van der Waals surface area contributed by atoms with Gasteiger partial charge in [0.2, 0.25) is 0 Å². The summed E-state index contributed by atoms with van der Waals surface area (Å²) in [6.07, 6.45) is 1.50. The number of aromatic amines is 1. The second kappa shape index (κ2) is 5.55. The number of imidazole rings is 1. The average molecular weight is 362 g/mol. The minimum Gasteiger partial charge on any atom is -0.345 e. The third kappa shape index (κ3) is 2.35. The number of nitrogens with one attached hydrogen (secondary N) is 2. The highest BCUT2D eigenvalue weighted by atomic mass is 32.1. The quantitative estimate of drug-likeness (QED) is 0.541. The fourth-order valence-electron chi connectivity index (χ4n) is 2.84. The number of H-pyrrole nitrogens is 1. The molecule has 0 radical (unpaired) electrons. The van der Waals surface area contributed by atoms with Crippen LogP contribution in [0.3, 0.4) is 0 Å². The Hall–Kier alpha value is -2.94. The van der Waals surface area contributed by atoms with Gasteiger partial charge in [-0.25, -0.2) is 22.9 Å². The van der Waals surface area contributed by atoms with E-state index in [4.69, 9.17) is 12.2 Å². The average Bonchev–Trinajstić information content (AvgIpc) is 3.16. The Kier molecular flexibility index (Phi) is 3.46. The molecule has 9 heteroatoms. The number of rotatable bonds is 2. The van der Waals surface area contributed by atoms with Gasteiger partial charge in [0.25, 0.3) is 0 Å². The Morgan fingerprint density at radius 3 is 2.72 bits per heavy atom. The summed E-state index contributed by atoms with van der Waals surface area (Å²) >= 11 is 5.11. The highest BCUT2D eigenvalue weighted by Crippen LogP contribution is 2.35. The zero-order chi connectivity index (χ0) is 17.7. The summed E-state index contributed by atoms with van der Waals surface area (Å²) < 4.78 is 41.1. The molecule has 1 unspecified atom stereocenters. The molecular formula is C16H9F3N4OS. The van der Waals surface area contributed by atoms with Crippen LogP contribution in [0, 0.1) is 17.5 Å². The fraction of sp³-hybridized carbons (Fsp3) is 0.0625. The Balaban J connectivity index is 1.86. The molecule has 3 aromatic rings. The molecule has 1 aliphatic rings. The van der Waals surface area contributed by atoms with Crippen molar-refractivity contribution in [2.24, 2.45) is 0 Å². The smallest absolute Gasteiger partial charge is 0.327 e. The molecular weight excluding hydrogens is 353 g/mol. The van der Waals surface area contributed by atoms with Crippen LogP contribution in [0.4, 0.5) is 23.7 Å². The van der Waals surface area contributed by atoms with E-state index in [1.807, 2.05) is 0 Å². The lowest BCUT2D eigenvalue weighted by atomic mass is 10.0. The molecule has 0 bridgehead atoms. The van der Waals surface area contributed by atoms with Crippen molar-refractivity contribution in [2.45, 2.75) is 6.04 Å². The number of thiocarbonyl (C=S) groups is 1. The Bertz CT molecular complexity index is 1040. The number of carbonyl (C=O) groups is 1. The normalized spacial score (nSPS) is 17.4. The van der Waals surface area contributed by atoms with E-state index in [1.165, 1.54) is 11.2 Å². The van der Waals surface area contributed by atoms with Crippen molar-refractivity contribution in [1.82, 2.24) is 15.3 Å². The first-order valence-corrected chi connectivity index (χ1v) is 7.59. The number of halogens is 3. The molecule has 0 aliphatic carbocycles. The standard InChI is InChI=1S/C16H9F3N4OS/c17-9-3-2-8(12(18)13(9)19)14-15(25)22-16(24)23(14)7-1-4-10-11(5-7)21-6-20-10/h1-6,14H,(H,20,21)(H,22,24,25). The molecule has 1 saturated heterocycles. The molecule has 1 fully saturated rings. The maximum Gasteiger partial charge on any atom is 0.327 e. The van der Waals surface area contributed by atoms with Crippen LogP contribution in [0.2, 0.25) is 0 Å². The van der Waals surface area contributed by atoms with Gasteiger partial charge in [-0.15, -0.1) is 0 Å². The minimum absolute atomic E-state index is 0.000356. The largest absolute Gasteiger partial charge is 0.345 e. The molecule has 1 aromatic heterocycles. The van der Waals surface area contributed by atoms with Gasteiger partial charge in [0.05, 0.1) is 17.4 Å². The van der Waals surface area contributed by atoms with Gasteiger partial charge in [0.1, 0.15) is 11.0 Å². The number of hydrogen-bond donors (Lipinski definition) is 2. The summed E-state index contributed by atoms with van der Waals surface area (Å²) in [5.41, 5.74) is 1.52. The van der Waals surface area contributed by atoms with Gasteiger partial charge in [-0.3, -0.25) is 10.2 Å². The van der Waals surface area contributed by atoms with Crippen LogP contribution in [-0.4, -0.2) is 21.0 Å².